The van der Waals surface area contributed by atoms with Crippen molar-refractivity contribution in [3.63, 3.8) is 0 Å². The van der Waals surface area contributed by atoms with E-state index in [1.54, 1.807) is 30.5 Å². The van der Waals surface area contributed by atoms with Crippen LogP contribution < -0.4 is 5.32 Å². The van der Waals surface area contributed by atoms with Crippen LogP contribution in [0.4, 0.5) is 5.00 Å². The fourth-order valence-corrected chi connectivity index (χ4v) is 4.10. The lowest BCUT2D eigenvalue weighted by molar-refractivity contribution is -0.113. The van der Waals surface area contributed by atoms with Crippen LogP contribution in [0.25, 0.3) is 11.6 Å². The number of furan rings is 1. The van der Waals surface area contributed by atoms with Crippen molar-refractivity contribution < 1.29 is 18.7 Å². The second kappa shape index (κ2) is 8.89. The highest BCUT2D eigenvalue weighted by Gasteiger charge is 2.19. The maximum atomic E-state index is 12.4. The highest BCUT2D eigenvalue weighted by atomic mass is 32.2. The van der Waals surface area contributed by atoms with Crippen LogP contribution in [0.2, 0.25) is 0 Å². The van der Waals surface area contributed by atoms with Gasteiger partial charge < -0.3 is 14.5 Å². The second-order valence-electron chi connectivity index (χ2n) is 5.61. The average Bonchev–Trinajstić information content (AvgIpc) is 3.40. The van der Waals surface area contributed by atoms with Gasteiger partial charge in [0, 0.05) is 11.4 Å². The SMILES string of the molecule is C=CCn1c(SCC(=O)Nc2sc(C)cc2C(=O)OC)nnc1-c1ccco1. The zero-order valence-electron chi connectivity index (χ0n) is 15.3. The van der Waals surface area contributed by atoms with E-state index in [0.29, 0.717) is 33.9 Å². The van der Waals surface area contributed by atoms with E-state index in [0.717, 1.165) is 4.88 Å². The molecular formula is C18H18N4O4S2. The first-order valence-corrected chi connectivity index (χ1v) is 10.0. The molecule has 0 aliphatic carbocycles. The van der Waals surface area contributed by atoms with Crippen LogP contribution in [0, 0.1) is 6.92 Å². The Morgan fingerprint density at radius 2 is 2.29 bits per heavy atom. The molecule has 0 saturated carbocycles. The first-order chi connectivity index (χ1) is 13.5. The monoisotopic (exact) mass is 418 g/mol. The van der Waals surface area contributed by atoms with Crippen LogP contribution in [0.3, 0.4) is 0 Å². The molecule has 3 heterocycles. The fourth-order valence-electron chi connectivity index (χ4n) is 2.44. The molecule has 0 aliphatic rings. The zero-order valence-corrected chi connectivity index (χ0v) is 16.9. The molecule has 0 saturated heterocycles. The number of nitrogens with zero attached hydrogens (tertiary/aromatic N) is 3. The Kier molecular flexibility index (Phi) is 6.32. The van der Waals surface area contributed by atoms with Crippen LogP contribution in [0.5, 0.6) is 0 Å². The van der Waals surface area contributed by atoms with Gasteiger partial charge >= 0.3 is 5.97 Å². The summed E-state index contributed by atoms with van der Waals surface area (Å²) in [6.45, 7) is 6.08. The van der Waals surface area contributed by atoms with Crippen LogP contribution >= 0.6 is 23.1 Å². The summed E-state index contributed by atoms with van der Waals surface area (Å²) in [7, 11) is 1.31. The van der Waals surface area contributed by atoms with Gasteiger partial charge in [-0.1, -0.05) is 17.8 Å². The third-order valence-corrected chi connectivity index (χ3v) is 5.55. The lowest BCUT2D eigenvalue weighted by Gasteiger charge is -2.07. The number of anilines is 1. The van der Waals surface area contributed by atoms with Crippen molar-refractivity contribution in [2.75, 3.05) is 18.2 Å². The smallest absolute Gasteiger partial charge is 0.340 e. The lowest BCUT2D eigenvalue weighted by Crippen LogP contribution is -2.16. The van der Waals surface area contributed by atoms with Crippen molar-refractivity contribution >= 4 is 40.0 Å². The number of ether oxygens (including phenoxy) is 1. The Balaban J connectivity index is 1.70. The first-order valence-electron chi connectivity index (χ1n) is 8.22. The van der Waals surface area contributed by atoms with Gasteiger partial charge in [0.15, 0.2) is 10.9 Å². The molecule has 0 spiro atoms. The van der Waals surface area contributed by atoms with Crippen molar-refractivity contribution in [2.45, 2.75) is 18.6 Å². The van der Waals surface area contributed by atoms with Crippen LogP contribution in [-0.2, 0) is 16.1 Å². The molecule has 3 rings (SSSR count). The van der Waals surface area contributed by atoms with Gasteiger partial charge in [-0.05, 0) is 25.1 Å². The number of hydrogen-bond donors (Lipinski definition) is 1. The number of rotatable bonds is 8. The number of carbonyl (C=O) groups excluding carboxylic acids is 2. The van der Waals surface area contributed by atoms with E-state index in [1.165, 1.54) is 30.2 Å². The predicted molar refractivity (Wildman–Crippen MR) is 108 cm³/mol. The lowest BCUT2D eigenvalue weighted by atomic mass is 10.3. The summed E-state index contributed by atoms with van der Waals surface area (Å²) in [6, 6.07) is 5.25. The zero-order chi connectivity index (χ0) is 20.1. The standard InChI is InChI=1S/C18H18N4O4S2/c1-4-7-22-15(13-6-5-8-26-13)20-21-18(22)27-10-14(23)19-16-12(17(24)25-3)9-11(2)28-16/h4-6,8-9H,1,7,10H2,2-3H3,(H,19,23). The summed E-state index contributed by atoms with van der Waals surface area (Å²) in [4.78, 5) is 25.1. The van der Waals surface area contributed by atoms with E-state index in [1.807, 2.05) is 11.5 Å². The number of amides is 1. The third-order valence-electron chi connectivity index (χ3n) is 3.62. The van der Waals surface area contributed by atoms with E-state index < -0.39 is 5.97 Å². The van der Waals surface area contributed by atoms with Crippen molar-refractivity contribution in [3.8, 4) is 11.6 Å². The normalized spacial score (nSPS) is 10.6. The number of thiophene rings is 1. The Morgan fingerprint density at radius 1 is 1.46 bits per heavy atom. The number of allylic oxidation sites excluding steroid dienone is 1. The van der Waals surface area contributed by atoms with E-state index in [2.05, 4.69) is 22.1 Å². The van der Waals surface area contributed by atoms with Crippen molar-refractivity contribution in [3.05, 3.63) is 47.6 Å². The van der Waals surface area contributed by atoms with Gasteiger partial charge in [-0.3, -0.25) is 9.36 Å². The van der Waals surface area contributed by atoms with Gasteiger partial charge in [0.2, 0.25) is 11.7 Å². The molecule has 3 aromatic rings. The number of thioether (sulfide) groups is 1. The van der Waals surface area contributed by atoms with Crippen LogP contribution in [-0.4, -0.2) is 39.5 Å². The molecule has 28 heavy (non-hydrogen) atoms. The molecule has 146 valence electrons. The van der Waals surface area contributed by atoms with E-state index in [-0.39, 0.29) is 11.7 Å². The number of aryl methyl sites for hydroxylation is 1. The highest BCUT2D eigenvalue weighted by molar-refractivity contribution is 7.99. The molecule has 0 fully saturated rings. The van der Waals surface area contributed by atoms with E-state index in [4.69, 9.17) is 9.15 Å². The number of methoxy groups -OCH3 is 1. The fraction of sp³-hybridized carbons (Fsp3) is 0.222. The maximum Gasteiger partial charge on any atom is 0.340 e. The van der Waals surface area contributed by atoms with Crippen LogP contribution in [0.1, 0.15) is 15.2 Å². The minimum Gasteiger partial charge on any atom is -0.465 e. The Morgan fingerprint density at radius 3 is 2.96 bits per heavy atom. The summed E-state index contributed by atoms with van der Waals surface area (Å²) < 4.78 is 12.0. The van der Waals surface area contributed by atoms with Gasteiger partial charge in [0.25, 0.3) is 0 Å². The molecule has 8 nitrogen and oxygen atoms in total. The molecule has 0 aliphatic heterocycles. The molecule has 0 unspecified atom stereocenters. The third kappa shape index (κ3) is 4.34. The predicted octanol–water partition coefficient (Wildman–Crippen LogP) is 3.61. The summed E-state index contributed by atoms with van der Waals surface area (Å²) in [6.07, 6.45) is 3.28. The summed E-state index contributed by atoms with van der Waals surface area (Å²) >= 11 is 2.56. The van der Waals surface area contributed by atoms with Crippen LogP contribution in [0.15, 0.2) is 46.7 Å². The average molecular weight is 419 g/mol. The Labute approximate surface area is 169 Å². The molecule has 1 amide bonds. The Bertz CT molecular complexity index is 992. The van der Waals surface area contributed by atoms with Gasteiger partial charge in [0.05, 0.1) is 24.7 Å². The van der Waals surface area contributed by atoms with Crippen molar-refractivity contribution in [1.82, 2.24) is 14.8 Å². The van der Waals surface area contributed by atoms with Gasteiger partial charge in [-0.15, -0.1) is 28.1 Å². The molecule has 0 radical (unpaired) electrons. The number of esters is 1. The second-order valence-corrected chi connectivity index (χ2v) is 7.81. The van der Waals surface area contributed by atoms with E-state index >= 15 is 0 Å². The summed E-state index contributed by atoms with van der Waals surface area (Å²) in [5, 5.41) is 12.1. The van der Waals surface area contributed by atoms with Gasteiger partial charge in [0.1, 0.15) is 5.00 Å². The quantitative estimate of drug-likeness (QED) is 0.339. The molecule has 10 heteroatoms. The molecule has 0 aromatic carbocycles. The topological polar surface area (TPSA) is 99.2 Å². The Hall–Kier alpha value is -2.85. The molecular weight excluding hydrogens is 400 g/mol. The first kappa shape index (κ1) is 19.9. The van der Waals surface area contributed by atoms with Gasteiger partial charge in [-0.25, -0.2) is 4.79 Å². The minimum absolute atomic E-state index is 0.102. The maximum absolute atomic E-state index is 12.4. The number of nitrogens with one attached hydrogen (secondary N) is 1. The molecule has 0 bridgehead atoms. The van der Waals surface area contributed by atoms with Crippen molar-refractivity contribution in [1.29, 1.82) is 0 Å². The largest absolute Gasteiger partial charge is 0.465 e. The number of aromatic nitrogens is 3. The minimum atomic E-state index is -0.485. The van der Waals surface area contributed by atoms with E-state index in [9.17, 15) is 9.59 Å². The van der Waals surface area contributed by atoms with Gasteiger partial charge in [-0.2, -0.15) is 0 Å². The summed E-state index contributed by atoms with van der Waals surface area (Å²) in [5.74, 6) is 0.508. The molecule has 0 atom stereocenters. The molecule has 3 aromatic heterocycles. The number of hydrogen-bond acceptors (Lipinski definition) is 8. The van der Waals surface area contributed by atoms with Crippen molar-refractivity contribution in [2.24, 2.45) is 0 Å². The highest BCUT2D eigenvalue weighted by Crippen LogP contribution is 2.29. The summed E-state index contributed by atoms with van der Waals surface area (Å²) in [5.41, 5.74) is 0.346. The number of carbonyl (C=O) groups is 2. The molecule has 1 N–H and O–H groups in total.